The van der Waals surface area contributed by atoms with Crippen molar-refractivity contribution < 1.29 is 18.0 Å². The van der Waals surface area contributed by atoms with E-state index in [1.54, 1.807) is 0 Å². The van der Waals surface area contributed by atoms with E-state index in [1.807, 2.05) is 0 Å². The molecule has 2 aromatic heterocycles. The topological polar surface area (TPSA) is 50.5 Å². The molecule has 2 aliphatic rings. The number of halogens is 4. The van der Waals surface area contributed by atoms with Crippen LogP contribution in [0.4, 0.5) is 18.9 Å². The molecule has 116 valence electrons. The van der Waals surface area contributed by atoms with Crippen molar-refractivity contribution in [2.24, 2.45) is 5.92 Å². The predicted octanol–water partition coefficient (Wildman–Crippen LogP) is 2.57. The Balaban J connectivity index is 2.09. The number of nitrogens with zero attached hydrogens (tertiary/aromatic N) is 4. The summed E-state index contributed by atoms with van der Waals surface area (Å²) in [6, 6.07) is 1.40. The zero-order valence-electron chi connectivity index (χ0n) is 11.1. The van der Waals surface area contributed by atoms with Crippen molar-refractivity contribution in [3.05, 3.63) is 23.1 Å². The quantitative estimate of drug-likeness (QED) is 0.795. The molecular weight excluding hydrogens is 321 g/mol. The molecule has 0 aromatic carbocycles. The van der Waals surface area contributed by atoms with E-state index in [-0.39, 0.29) is 22.2 Å². The molecule has 1 fully saturated rings. The lowest BCUT2D eigenvalue weighted by molar-refractivity contribution is -0.193. The second-order valence-electron chi connectivity index (χ2n) is 5.71. The maximum Gasteiger partial charge on any atom is 0.402 e. The van der Waals surface area contributed by atoms with E-state index in [9.17, 15) is 18.0 Å². The second-order valence-corrected chi connectivity index (χ2v) is 6.09. The van der Waals surface area contributed by atoms with Gasteiger partial charge in [0, 0.05) is 12.6 Å². The minimum absolute atomic E-state index is 0.0356. The summed E-state index contributed by atoms with van der Waals surface area (Å²) in [6.45, 7) is -0.432. The molecule has 0 spiro atoms. The number of fused-ring (bicyclic) bond motifs is 3. The van der Waals surface area contributed by atoms with E-state index in [0.717, 1.165) is 9.42 Å². The predicted molar refractivity (Wildman–Crippen MR) is 71.9 cm³/mol. The lowest BCUT2D eigenvalue weighted by atomic mass is 9.80. The number of aromatic nitrogens is 3. The largest absolute Gasteiger partial charge is 0.402 e. The van der Waals surface area contributed by atoms with Gasteiger partial charge in [0.2, 0.25) is 6.41 Å². The Morgan fingerprint density at radius 3 is 2.73 bits per heavy atom. The fourth-order valence-electron chi connectivity index (χ4n) is 3.40. The third-order valence-electron chi connectivity index (χ3n) is 4.49. The molecule has 9 heteroatoms. The minimum atomic E-state index is -4.49. The van der Waals surface area contributed by atoms with Crippen LogP contribution in [-0.4, -0.2) is 33.7 Å². The number of carbonyl (C=O) groups excluding carboxylic acids is 1. The van der Waals surface area contributed by atoms with Crippen molar-refractivity contribution in [2.45, 2.75) is 24.4 Å². The Morgan fingerprint density at radius 1 is 1.41 bits per heavy atom. The van der Waals surface area contributed by atoms with E-state index in [4.69, 9.17) is 11.6 Å². The maximum absolute atomic E-state index is 14.0. The SMILES string of the molecule is O=CN1CC(C2CC2)(C(F)(F)F)c2c1cnc1cc(Cl)nn21. The number of anilines is 1. The first-order valence-electron chi connectivity index (χ1n) is 6.72. The molecule has 1 unspecified atom stereocenters. The third-order valence-corrected chi connectivity index (χ3v) is 4.68. The van der Waals surface area contributed by atoms with Crippen LogP contribution < -0.4 is 4.90 Å². The van der Waals surface area contributed by atoms with Gasteiger partial charge in [0.05, 0.1) is 17.6 Å². The molecule has 1 atom stereocenters. The molecule has 0 N–H and O–H groups in total. The van der Waals surface area contributed by atoms with Crippen molar-refractivity contribution in [3.8, 4) is 0 Å². The average molecular weight is 331 g/mol. The highest BCUT2D eigenvalue weighted by Crippen LogP contribution is 2.60. The number of alkyl halides is 3. The van der Waals surface area contributed by atoms with Crippen LogP contribution >= 0.6 is 11.6 Å². The molecule has 0 radical (unpaired) electrons. The van der Waals surface area contributed by atoms with E-state index >= 15 is 0 Å². The second kappa shape index (κ2) is 4.13. The summed E-state index contributed by atoms with van der Waals surface area (Å²) in [5.74, 6) is -0.551. The van der Waals surface area contributed by atoms with Crippen LogP contribution in [0.1, 0.15) is 18.5 Å². The monoisotopic (exact) mass is 330 g/mol. The molecule has 0 saturated heterocycles. The van der Waals surface area contributed by atoms with Crippen molar-refractivity contribution in [1.29, 1.82) is 0 Å². The van der Waals surface area contributed by atoms with Crippen LogP contribution in [0.15, 0.2) is 12.3 Å². The first kappa shape index (κ1) is 13.8. The van der Waals surface area contributed by atoms with Gasteiger partial charge >= 0.3 is 6.18 Å². The number of hydrogen-bond acceptors (Lipinski definition) is 3. The summed E-state index contributed by atoms with van der Waals surface area (Å²) in [5.41, 5.74) is -1.76. The van der Waals surface area contributed by atoms with Gasteiger partial charge in [0.1, 0.15) is 5.41 Å². The lowest BCUT2D eigenvalue weighted by Crippen LogP contribution is -2.48. The molecule has 1 saturated carbocycles. The van der Waals surface area contributed by atoms with E-state index < -0.39 is 24.1 Å². The van der Waals surface area contributed by atoms with Crippen LogP contribution in [0.3, 0.4) is 0 Å². The number of hydrogen-bond donors (Lipinski definition) is 0. The molecule has 1 aliphatic heterocycles. The minimum Gasteiger partial charge on any atom is -0.311 e. The normalized spacial score (nSPS) is 24.8. The smallest absolute Gasteiger partial charge is 0.311 e. The molecule has 5 nitrogen and oxygen atoms in total. The van der Waals surface area contributed by atoms with Gasteiger partial charge in [0.15, 0.2) is 10.8 Å². The van der Waals surface area contributed by atoms with E-state index in [0.29, 0.717) is 19.3 Å². The molecule has 1 aliphatic carbocycles. The molecule has 0 bridgehead atoms. The van der Waals surface area contributed by atoms with Crippen LogP contribution in [0.2, 0.25) is 5.15 Å². The van der Waals surface area contributed by atoms with Crippen LogP contribution in [-0.2, 0) is 10.2 Å². The van der Waals surface area contributed by atoms with Gasteiger partial charge in [-0.2, -0.15) is 18.3 Å². The standard InChI is InChI=1S/C13H10ClF3N4O/c14-9-3-10-18-4-8-11(21(10)19-9)12(7-1-2-7,13(15,16)17)5-20(8)6-22/h3-4,6-7H,1-2,5H2. The zero-order valence-corrected chi connectivity index (χ0v) is 11.9. The number of rotatable bonds is 2. The molecule has 4 rings (SSSR count). The summed E-state index contributed by atoms with van der Waals surface area (Å²) >= 11 is 5.82. The Hall–Kier alpha value is -1.83. The lowest BCUT2D eigenvalue weighted by Gasteiger charge is -2.32. The molecule has 3 heterocycles. The fourth-order valence-corrected chi connectivity index (χ4v) is 3.57. The Bertz CT molecular complexity index is 785. The summed E-state index contributed by atoms with van der Waals surface area (Å²) in [4.78, 5) is 16.3. The highest BCUT2D eigenvalue weighted by molar-refractivity contribution is 6.29. The Labute approximate surface area is 127 Å². The first-order chi connectivity index (χ1) is 10.4. The molecule has 1 amide bonds. The van der Waals surface area contributed by atoms with Gasteiger partial charge in [-0.25, -0.2) is 9.50 Å². The number of carbonyl (C=O) groups is 1. The van der Waals surface area contributed by atoms with E-state index in [1.165, 1.54) is 12.3 Å². The molecular formula is C13H10ClF3N4O. The average Bonchev–Trinajstić information content (AvgIpc) is 3.11. The van der Waals surface area contributed by atoms with Gasteiger partial charge in [-0.15, -0.1) is 0 Å². The molecule has 2 aromatic rings. The Kier molecular flexibility index (Phi) is 2.59. The van der Waals surface area contributed by atoms with Gasteiger partial charge < -0.3 is 4.90 Å². The maximum atomic E-state index is 14.0. The van der Waals surface area contributed by atoms with Gasteiger partial charge in [-0.05, 0) is 18.8 Å². The van der Waals surface area contributed by atoms with Crippen LogP contribution in [0, 0.1) is 5.92 Å². The van der Waals surface area contributed by atoms with Gasteiger partial charge in [0.25, 0.3) is 0 Å². The zero-order chi connectivity index (χ0) is 15.7. The van der Waals surface area contributed by atoms with Gasteiger partial charge in [-0.3, -0.25) is 4.79 Å². The van der Waals surface area contributed by atoms with Crippen LogP contribution in [0.25, 0.3) is 5.65 Å². The Morgan fingerprint density at radius 2 is 2.14 bits per heavy atom. The first-order valence-corrected chi connectivity index (χ1v) is 7.10. The summed E-state index contributed by atoms with van der Waals surface area (Å²) in [5, 5.41) is 4.02. The summed E-state index contributed by atoms with van der Waals surface area (Å²) < 4.78 is 43.1. The summed E-state index contributed by atoms with van der Waals surface area (Å²) in [7, 11) is 0. The summed E-state index contributed by atoms with van der Waals surface area (Å²) in [6.07, 6.45) is -1.84. The highest BCUT2D eigenvalue weighted by atomic mass is 35.5. The van der Waals surface area contributed by atoms with Crippen molar-refractivity contribution in [2.75, 3.05) is 11.4 Å². The molecule has 22 heavy (non-hydrogen) atoms. The van der Waals surface area contributed by atoms with Crippen LogP contribution in [0.5, 0.6) is 0 Å². The van der Waals surface area contributed by atoms with E-state index in [2.05, 4.69) is 10.1 Å². The van der Waals surface area contributed by atoms with Crippen molar-refractivity contribution in [3.63, 3.8) is 0 Å². The third kappa shape index (κ3) is 1.58. The van der Waals surface area contributed by atoms with Gasteiger partial charge in [-0.1, -0.05) is 11.6 Å². The fraction of sp³-hybridized carbons (Fsp3) is 0.462. The highest BCUT2D eigenvalue weighted by Gasteiger charge is 2.68. The van der Waals surface area contributed by atoms with Crippen molar-refractivity contribution >= 4 is 29.3 Å². The number of amides is 1. The van der Waals surface area contributed by atoms with Crippen molar-refractivity contribution in [1.82, 2.24) is 14.6 Å².